The van der Waals surface area contributed by atoms with E-state index in [0.717, 1.165) is 12.0 Å². The molecule has 2 rings (SSSR count). The van der Waals surface area contributed by atoms with E-state index in [4.69, 9.17) is 16.3 Å². The first-order valence-corrected chi connectivity index (χ1v) is 10.3. The number of hydrogen-bond acceptors (Lipinski definition) is 5. The van der Waals surface area contributed by atoms with Crippen molar-refractivity contribution in [3.8, 4) is 0 Å². The van der Waals surface area contributed by atoms with Gasteiger partial charge in [-0.3, -0.25) is 4.79 Å². The molecule has 7 heteroatoms. The van der Waals surface area contributed by atoms with Crippen molar-refractivity contribution in [3.05, 3.63) is 52.0 Å². The summed E-state index contributed by atoms with van der Waals surface area (Å²) >= 11 is 7.79. The average molecular weight is 409 g/mol. The fourth-order valence-corrected chi connectivity index (χ4v) is 3.51. The summed E-state index contributed by atoms with van der Waals surface area (Å²) in [6.45, 7) is 7.19. The van der Waals surface area contributed by atoms with Crippen LogP contribution in [0.2, 0.25) is 0 Å². The van der Waals surface area contributed by atoms with E-state index >= 15 is 0 Å². The van der Waals surface area contributed by atoms with Crippen molar-refractivity contribution >= 4 is 34.8 Å². The van der Waals surface area contributed by atoms with Crippen molar-refractivity contribution in [3.63, 3.8) is 0 Å². The van der Waals surface area contributed by atoms with E-state index in [0.29, 0.717) is 30.6 Å². The first-order chi connectivity index (χ1) is 12.9. The Morgan fingerprint density at radius 3 is 2.59 bits per heavy atom. The van der Waals surface area contributed by atoms with Gasteiger partial charge >= 0.3 is 5.97 Å². The molecule has 2 aromatic rings. The number of carbonyl (C=O) groups excluding carboxylic acids is 2. The van der Waals surface area contributed by atoms with E-state index in [2.05, 4.69) is 18.8 Å². The predicted octanol–water partition coefficient (Wildman–Crippen LogP) is 4.67. The highest BCUT2D eigenvalue weighted by molar-refractivity contribution is 7.09. The first kappa shape index (κ1) is 21.4. The molecule has 0 fully saturated rings. The molecule has 0 radical (unpaired) electrons. The number of esters is 1. The van der Waals surface area contributed by atoms with Crippen LogP contribution in [0, 0.1) is 5.92 Å². The lowest BCUT2D eigenvalue weighted by molar-refractivity contribution is -0.131. The molecule has 5 nitrogen and oxygen atoms in total. The van der Waals surface area contributed by atoms with Crippen molar-refractivity contribution in [2.24, 2.45) is 5.92 Å². The monoisotopic (exact) mass is 408 g/mol. The largest absolute Gasteiger partial charge is 0.461 e. The van der Waals surface area contributed by atoms with Crippen LogP contribution in [0.25, 0.3) is 0 Å². The second-order valence-corrected chi connectivity index (χ2v) is 7.94. The number of alkyl halides is 1. The summed E-state index contributed by atoms with van der Waals surface area (Å²) in [6, 6.07) is 9.31. The molecule has 1 heterocycles. The van der Waals surface area contributed by atoms with Crippen molar-refractivity contribution in [2.75, 3.05) is 13.2 Å². The molecule has 0 bridgehead atoms. The third-order valence-corrected chi connectivity index (χ3v) is 5.23. The van der Waals surface area contributed by atoms with Crippen LogP contribution in [0.4, 0.5) is 0 Å². The van der Waals surface area contributed by atoms with E-state index in [1.54, 1.807) is 17.2 Å². The standard InChI is InChI=1S/C20H25ClN2O3S/c1-4-26-20(25)16-13-27-17(22-16)12-23(11-10-14(2)3)19(24)18(21)15-8-6-5-7-9-15/h5-9,13-14,18H,4,10-12H2,1-3H3. The number of thiazole rings is 1. The van der Waals surface area contributed by atoms with Gasteiger partial charge in [0.15, 0.2) is 5.69 Å². The molecule has 0 saturated carbocycles. The fraction of sp³-hybridized carbons (Fsp3) is 0.450. The van der Waals surface area contributed by atoms with Gasteiger partial charge in [0.25, 0.3) is 0 Å². The Kier molecular flexibility index (Phi) is 8.25. The van der Waals surface area contributed by atoms with E-state index in [9.17, 15) is 9.59 Å². The minimum absolute atomic E-state index is 0.156. The Hall–Kier alpha value is -1.92. The van der Waals surface area contributed by atoms with Crippen LogP contribution in [0.1, 0.15) is 53.6 Å². The minimum atomic E-state index is -0.747. The van der Waals surface area contributed by atoms with E-state index in [-0.39, 0.29) is 11.6 Å². The summed E-state index contributed by atoms with van der Waals surface area (Å²) in [6.07, 6.45) is 0.861. The van der Waals surface area contributed by atoms with Crippen LogP contribution in [-0.4, -0.2) is 34.9 Å². The van der Waals surface area contributed by atoms with E-state index < -0.39 is 11.3 Å². The zero-order valence-corrected chi connectivity index (χ0v) is 17.4. The molecule has 1 aromatic carbocycles. The number of aromatic nitrogens is 1. The summed E-state index contributed by atoms with van der Waals surface area (Å²) in [5.41, 5.74) is 1.05. The van der Waals surface area contributed by atoms with Crippen molar-refractivity contribution in [1.82, 2.24) is 9.88 Å². The fourth-order valence-electron chi connectivity index (χ4n) is 2.45. The van der Waals surface area contributed by atoms with Crippen LogP contribution in [0.15, 0.2) is 35.7 Å². The van der Waals surface area contributed by atoms with Crippen LogP contribution >= 0.6 is 22.9 Å². The average Bonchev–Trinajstić information content (AvgIpc) is 3.13. The third kappa shape index (κ3) is 6.33. The van der Waals surface area contributed by atoms with Crippen LogP contribution in [-0.2, 0) is 16.1 Å². The van der Waals surface area contributed by atoms with Gasteiger partial charge in [-0.1, -0.05) is 44.2 Å². The van der Waals surface area contributed by atoms with Gasteiger partial charge in [0, 0.05) is 11.9 Å². The van der Waals surface area contributed by atoms with Gasteiger partial charge in [0.1, 0.15) is 10.4 Å². The van der Waals surface area contributed by atoms with Gasteiger partial charge in [-0.25, -0.2) is 9.78 Å². The topological polar surface area (TPSA) is 59.5 Å². The number of benzene rings is 1. The first-order valence-electron chi connectivity index (χ1n) is 9.01. The Labute approximate surface area is 169 Å². The molecular weight excluding hydrogens is 384 g/mol. The second kappa shape index (κ2) is 10.4. The summed E-state index contributed by atoms with van der Waals surface area (Å²) in [7, 11) is 0. The Morgan fingerprint density at radius 2 is 1.96 bits per heavy atom. The van der Waals surface area contributed by atoms with Crippen LogP contribution in [0.3, 0.4) is 0 Å². The highest BCUT2D eigenvalue weighted by Gasteiger charge is 2.25. The normalized spacial score (nSPS) is 12.0. The third-order valence-electron chi connectivity index (χ3n) is 3.96. The summed E-state index contributed by atoms with van der Waals surface area (Å²) < 4.78 is 4.97. The molecule has 1 amide bonds. The van der Waals surface area contributed by atoms with Gasteiger partial charge < -0.3 is 9.64 Å². The highest BCUT2D eigenvalue weighted by atomic mass is 35.5. The van der Waals surface area contributed by atoms with E-state index in [1.807, 2.05) is 30.3 Å². The van der Waals surface area contributed by atoms with Gasteiger partial charge in [-0.05, 0) is 24.8 Å². The molecule has 0 aliphatic carbocycles. The molecule has 0 aliphatic rings. The lowest BCUT2D eigenvalue weighted by atomic mass is 10.1. The molecule has 0 N–H and O–H groups in total. The Morgan fingerprint density at radius 1 is 1.26 bits per heavy atom. The number of carbonyl (C=O) groups is 2. The van der Waals surface area contributed by atoms with Gasteiger partial charge in [-0.15, -0.1) is 22.9 Å². The van der Waals surface area contributed by atoms with Crippen LogP contribution < -0.4 is 0 Å². The minimum Gasteiger partial charge on any atom is -0.461 e. The zero-order valence-electron chi connectivity index (χ0n) is 15.9. The number of rotatable bonds is 9. The SMILES string of the molecule is CCOC(=O)c1csc(CN(CCC(C)C)C(=O)C(Cl)c2ccccc2)n1. The summed E-state index contributed by atoms with van der Waals surface area (Å²) in [5.74, 6) is -0.145. The highest BCUT2D eigenvalue weighted by Crippen LogP contribution is 2.25. The summed E-state index contributed by atoms with van der Waals surface area (Å²) in [5, 5.41) is 1.60. The van der Waals surface area contributed by atoms with Crippen molar-refractivity contribution < 1.29 is 14.3 Å². The van der Waals surface area contributed by atoms with Gasteiger partial charge in [0.2, 0.25) is 5.91 Å². The lowest BCUT2D eigenvalue weighted by Crippen LogP contribution is -2.34. The number of amides is 1. The van der Waals surface area contributed by atoms with Crippen molar-refractivity contribution in [2.45, 2.75) is 39.1 Å². The Bertz CT molecular complexity index is 749. The van der Waals surface area contributed by atoms with Gasteiger partial charge in [-0.2, -0.15) is 0 Å². The molecule has 1 unspecified atom stereocenters. The maximum Gasteiger partial charge on any atom is 0.357 e. The molecular formula is C20H25ClN2O3S. The summed E-state index contributed by atoms with van der Waals surface area (Å²) in [4.78, 5) is 30.8. The van der Waals surface area contributed by atoms with Gasteiger partial charge in [0.05, 0.1) is 13.2 Å². The maximum atomic E-state index is 13.0. The van der Waals surface area contributed by atoms with Crippen molar-refractivity contribution in [1.29, 1.82) is 0 Å². The second-order valence-electron chi connectivity index (χ2n) is 6.56. The number of nitrogens with zero attached hydrogens (tertiary/aromatic N) is 2. The molecule has 0 spiro atoms. The Balaban J connectivity index is 2.14. The quantitative estimate of drug-likeness (QED) is 0.446. The predicted molar refractivity (Wildman–Crippen MR) is 108 cm³/mol. The molecule has 1 atom stereocenters. The van der Waals surface area contributed by atoms with Crippen LogP contribution in [0.5, 0.6) is 0 Å². The lowest BCUT2D eigenvalue weighted by Gasteiger charge is -2.25. The number of halogens is 1. The maximum absolute atomic E-state index is 13.0. The number of ether oxygens (including phenoxy) is 1. The molecule has 27 heavy (non-hydrogen) atoms. The number of hydrogen-bond donors (Lipinski definition) is 0. The molecule has 0 saturated heterocycles. The zero-order chi connectivity index (χ0) is 19.8. The molecule has 0 aliphatic heterocycles. The molecule has 1 aromatic heterocycles. The van der Waals surface area contributed by atoms with E-state index in [1.165, 1.54) is 11.3 Å². The molecule has 146 valence electrons. The smallest absolute Gasteiger partial charge is 0.357 e.